The normalized spacial score (nSPS) is 9.33. The van der Waals surface area contributed by atoms with Gasteiger partial charge >= 0.3 is 23.1 Å². The van der Waals surface area contributed by atoms with E-state index >= 15 is 0 Å². The Morgan fingerprint density at radius 1 is 1.22 bits per heavy atom. The van der Waals surface area contributed by atoms with E-state index in [2.05, 4.69) is 27.7 Å². The molecule has 0 N–H and O–H groups in total. The van der Waals surface area contributed by atoms with Gasteiger partial charge in [0, 0.05) is 0 Å². The fraction of sp³-hybridized carbons (Fsp3) is 0.857. The van der Waals surface area contributed by atoms with Crippen LogP contribution in [0.25, 0.3) is 0 Å². The standard InChI is InChI=1S/C7H15.BrH.Mg/c1-5-6-7(2,3)4;;/h1,5-6H2,2-4H3;1H;/q-1;;+2/p-1. The fourth-order valence-corrected chi connectivity index (χ4v) is 0.530. The van der Waals surface area contributed by atoms with Crippen LogP contribution in [0.4, 0.5) is 0 Å². The molecule has 0 aliphatic rings. The number of halogens is 1. The molecule has 0 aliphatic heterocycles. The van der Waals surface area contributed by atoms with E-state index in [1.807, 2.05) is 0 Å². The maximum Gasteiger partial charge on any atom is 2.00 e. The Kier molecular flexibility index (Phi) is 13.6. The number of rotatable bonds is 1. The Bertz CT molecular complexity index is 47.4. The number of hydrogen-bond acceptors (Lipinski definition) is 0. The molecule has 0 fully saturated rings. The molecule has 0 aromatic heterocycles. The molecule has 0 saturated carbocycles. The third kappa shape index (κ3) is 17.6. The van der Waals surface area contributed by atoms with Gasteiger partial charge in [0.2, 0.25) is 0 Å². The first-order valence-corrected chi connectivity index (χ1v) is 2.85. The zero-order valence-corrected chi connectivity index (χ0v) is 9.71. The summed E-state index contributed by atoms with van der Waals surface area (Å²) in [5.74, 6) is 0. The van der Waals surface area contributed by atoms with E-state index in [9.17, 15) is 0 Å². The maximum atomic E-state index is 3.77. The molecule has 0 aromatic rings. The van der Waals surface area contributed by atoms with E-state index in [1.165, 1.54) is 6.42 Å². The predicted octanol–water partition coefficient (Wildman–Crippen LogP) is -0.730. The average Bonchev–Trinajstić information content (AvgIpc) is 1.30. The van der Waals surface area contributed by atoms with E-state index < -0.39 is 0 Å². The first-order chi connectivity index (χ1) is 3.06. The van der Waals surface area contributed by atoms with Crippen molar-refractivity contribution < 1.29 is 17.0 Å². The van der Waals surface area contributed by atoms with Gasteiger partial charge < -0.3 is 23.9 Å². The van der Waals surface area contributed by atoms with Gasteiger partial charge in [0.1, 0.15) is 0 Å². The molecular weight excluding hydrogens is 188 g/mol. The van der Waals surface area contributed by atoms with Crippen LogP contribution in [0.3, 0.4) is 0 Å². The van der Waals surface area contributed by atoms with Crippen LogP contribution in [-0.4, -0.2) is 23.1 Å². The predicted molar refractivity (Wildman–Crippen MR) is 39.8 cm³/mol. The van der Waals surface area contributed by atoms with Gasteiger partial charge in [-0.1, -0.05) is 27.2 Å². The molecule has 0 aliphatic carbocycles. The van der Waals surface area contributed by atoms with Crippen LogP contribution < -0.4 is 17.0 Å². The van der Waals surface area contributed by atoms with E-state index in [-0.39, 0.29) is 40.0 Å². The molecule has 2 heteroatoms. The van der Waals surface area contributed by atoms with Gasteiger partial charge in [0.15, 0.2) is 0 Å². The van der Waals surface area contributed by atoms with Gasteiger partial charge in [0.25, 0.3) is 0 Å². The fourth-order valence-electron chi connectivity index (χ4n) is 0.530. The van der Waals surface area contributed by atoms with Gasteiger partial charge in [0.05, 0.1) is 0 Å². The van der Waals surface area contributed by atoms with E-state index in [1.54, 1.807) is 0 Å². The molecule has 0 radical (unpaired) electrons. The van der Waals surface area contributed by atoms with Gasteiger partial charge in [-0.05, 0) is 5.41 Å². The van der Waals surface area contributed by atoms with Crippen molar-refractivity contribution in [3.8, 4) is 0 Å². The third-order valence-corrected chi connectivity index (χ3v) is 0.927. The second-order valence-electron chi connectivity index (χ2n) is 3.16. The van der Waals surface area contributed by atoms with Crippen molar-refractivity contribution in [3.05, 3.63) is 6.92 Å². The van der Waals surface area contributed by atoms with Crippen LogP contribution in [0, 0.1) is 12.3 Å². The third-order valence-electron chi connectivity index (χ3n) is 0.927. The summed E-state index contributed by atoms with van der Waals surface area (Å²) in [6, 6.07) is 0. The summed E-state index contributed by atoms with van der Waals surface area (Å²) < 4.78 is 0. The van der Waals surface area contributed by atoms with Gasteiger partial charge in [-0.2, -0.15) is 6.42 Å². The molecule has 52 valence electrons. The molecule has 0 spiro atoms. The summed E-state index contributed by atoms with van der Waals surface area (Å²) in [6.07, 6.45) is 2.29. The summed E-state index contributed by atoms with van der Waals surface area (Å²) in [5, 5.41) is 0. The molecule has 0 heterocycles. The molecule has 0 rings (SSSR count). The molecular formula is C7H15BrMg. The zero-order valence-electron chi connectivity index (χ0n) is 6.71. The molecule has 0 amide bonds. The second kappa shape index (κ2) is 7.35. The molecule has 0 atom stereocenters. The zero-order chi connectivity index (χ0) is 5.91. The summed E-state index contributed by atoms with van der Waals surface area (Å²) in [4.78, 5) is 0. The van der Waals surface area contributed by atoms with Gasteiger partial charge in [-0.15, -0.1) is 0 Å². The first-order valence-electron chi connectivity index (χ1n) is 2.85. The Labute approximate surface area is 85.7 Å². The summed E-state index contributed by atoms with van der Waals surface area (Å²) in [5.41, 5.74) is 0.488. The minimum absolute atomic E-state index is 0. The van der Waals surface area contributed by atoms with Crippen LogP contribution in [0.15, 0.2) is 0 Å². The second-order valence-corrected chi connectivity index (χ2v) is 3.16. The van der Waals surface area contributed by atoms with Crippen molar-refractivity contribution in [1.29, 1.82) is 0 Å². The minimum Gasteiger partial charge on any atom is -1.00 e. The topological polar surface area (TPSA) is 0 Å². The van der Waals surface area contributed by atoms with E-state index in [0.29, 0.717) is 5.41 Å². The van der Waals surface area contributed by atoms with Gasteiger partial charge in [-0.25, -0.2) is 0 Å². The SMILES string of the molecule is [Br-].[CH2-]CCC(C)(C)C.[Mg+2]. The van der Waals surface area contributed by atoms with Crippen molar-refractivity contribution in [2.24, 2.45) is 5.41 Å². The van der Waals surface area contributed by atoms with Crippen LogP contribution in [0.2, 0.25) is 0 Å². The molecule has 0 bridgehead atoms. The molecule has 0 nitrogen and oxygen atoms in total. The minimum atomic E-state index is 0. The van der Waals surface area contributed by atoms with E-state index in [4.69, 9.17) is 0 Å². The van der Waals surface area contributed by atoms with Crippen molar-refractivity contribution >= 4 is 23.1 Å². The van der Waals surface area contributed by atoms with Crippen molar-refractivity contribution in [2.75, 3.05) is 0 Å². The summed E-state index contributed by atoms with van der Waals surface area (Å²) in [7, 11) is 0. The Morgan fingerprint density at radius 2 is 1.56 bits per heavy atom. The van der Waals surface area contributed by atoms with Crippen LogP contribution >= 0.6 is 0 Å². The molecule has 0 unspecified atom stereocenters. The van der Waals surface area contributed by atoms with E-state index in [0.717, 1.165) is 6.42 Å². The van der Waals surface area contributed by atoms with Crippen LogP contribution in [0.1, 0.15) is 33.6 Å². The first kappa shape index (κ1) is 16.7. The maximum absolute atomic E-state index is 3.77. The Balaban J connectivity index is -0.000000180. The quantitative estimate of drug-likeness (QED) is 0.389. The van der Waals surface area contributed by atoms with Gasteiger partial charge in [-0.3, -0.25) is 0 Å². The molecule has 0 aromatic carbocycles. The Morgan fingerprint density at radius 3 is 1.56 bits per heavy atom. The van der Waals surface area contributed by atoms with Crippen LogP contribution in [0.5, 0.6) is 0 Å². The van der Waals surface area contributed by atoms with Crippen molar-refractivity contribution in [2.45, 2.75) is 33.6 Å². The monoisotopic (exact) mass is 202 g/mol. The largest absolute Gasteiger partial charge is 2.00 e. The molecule has 0 saturated heterocycles. The van der Waals surface area contributed by atoms with Crippen LogP contribution in [-0.2, 0) is 0 Å². The van der Waals surface area contributed by atoms with Crippen molar-refractivity contribution in [1.82, 2.24) is 0 Å². The smallest absolute Gasteiger partial charge is 1.00 e. The van der Waals surface area contributed by atoms with Crippen molar-refractivity contribution in [3.63, 3.8) is 0 Å². The Hall–Kier alpha value is 1.25. The summed E-state index contributed by atoms with van der Waals surface area (Å²) >= 11 is 0. The average molecular weight is 203 g/mol. The number of hydrogen-bond donors (Lipinski definition) is 0. The summed E-state index contributed by atoms with van der Waals surface area (Å²) in [6.45, 7) is 10.5. The molecule has 9 heavy (non-hydrogen) atoms.